The third-order valence-corrected chi connectivity index (χ3v) is 3.12. The average molecular weight is 261 g/mol. The van der Waals surface area contributed by atoms with Crippen LogP contribution in [0.25, 0.3) is 11.1 Å². The van der Waals surface area contributed by atoms with Crippen molar-refractivity contribution in [2.24, 2.45) is 0 Å². The van der Waals surface area contributed by atoms with Gasteiger partial charge in [0, 0.05) is 0 Å². The van der Waals surface area contributed by atoms with Crippen LogP contribution in [0.3, 0.4) is 0 Å². The van der Waals surface area contributed by atoms with Crippen LogP contribution in [0.5, 0.6) is 11.5 Å². The van der Waals surface area contributed by atoms with E-state index in [4.69, 9.17) is 6.11 Å². The molecule has 0 radical (unpaired) electrons. The predicted octanol–water partition coefficient (Wildman–Crippen LogP) is 5.45. The predicted molar refractivity (Wildman–Crippen MR) is 83.1 cm³/mol. The van der Waals surface area contributed by atoms with E-state index in [-0.39, 0.29) is 0 Å². The maximum Gasteiger partial charge on any atom is 0.127 e. The fraction of sp³-hybridized carbons (Fsp3) is 0.0526. The summed E-state index contributed by atoms with van der Waals surface area (Å²) in [5.74, 6) is 1.33. The zero-order valence-electron chi connectivity index (χ0n) is 12.3. The highest BCUT2D eigenvalue weighted by Gasteiger charge is 2.00. The number of hydrogen-bond acceptors (Lipinski definition) is 1. The number of ether oxygens (including phenoxy) is 1. The van der Waals surface area contributed by atoms with Gasteiger partial charge in [0.1, 0.15) is 11.5 Å². The Morgan fingerprint density at radius 2 is 1.45 bits per heavy atom. The smallest absolute Gasteiger partial charge is 0.127 e. The van der Waals surface area contributed by atoms with Crippen LogP contribution >= 0.6 is 0 Å². The molecule has 0 aliphatic rings. The van der Waals surface area contributed by atoms with Crippen molar-refractivity contribution in [2.45, 2.75) is 6.92 Å². The number of hydrogen-bond donors (Lipinski definition) is 0. The van der Waals surface area contributed by atoms with Crippen LogP contribution in [0, 0.1) is 6.92 Å². The van der Waals surface area contributed by atoms with Gasteiger partial charge in [-0.05, 0) is 47.9 Å². The van der Waals surface area contributed by atoms with Gasteiger partial charge in [-0.25, -0.2) is 0 Å². The molecule has 0 N–H and O–H groups in total. The minimum Gasteiger partial charge on any atom is -0.457 e. The number of rotatable bonds is 3. The van der Waals surface area contributed by atoms with Gasteiger partial charge in [-0.3, -0.25) is 0 Å². The largest absolute Gasteiger partial charge is 0.457 e. The molecule has 0 spiro atoms. The van der Waals surface area contributed by atoms with Crippen molar-refractivity contribution in [3.8, 4) is 22.6 Å². The van der Waals surface area contributed by atoms with E-state index < -0.39 is 0 Å². The van der Waals surface area contributed by atoms with Crippen molar-refractivity contribution in [1.82, 2.24) is 0 Å². The Bertz CT molecular complexity index is 733. The highest BCUT2D eigenvalue weighted by atomic mass is 16.5. The fourth-order valence-electron chi connectivity index (χ4n) is 2.08. The fourth-order valence-corrected chi connectivity index (χ4v) is 2.08. The average Bonchev–Trinajstić information content (AvgIpc) is 2.53. The molecule has 0 saturated carbocycles. The monoisotopic (exact) mass is 261 g/mol. The molecule has 20 heavy (non-hydrogen) atoms. The summed E-state index contributed by atoms with van der Waals surface area (Å²) in [4.78, 5) is 0. The Balaban J connectivity index is 1.83. The van der Waals surface area contributed by atoms with Crippen LogP contribution in [-0.4, -0.2) is 0 Å². The molecular weight excluding hydrogens is 244 g/mol. The molecule has 0 saturated heterocycles. The van der Waals surface area contributed by atoms with Crippen molar-refractivity contribution < 1.29 is 6.11 Å². The first-order valence-corrected chi connectivity index (χ1v) is 6.63. The zero-order valence-corrected chi connectivity index (χ0v) is 11.3. The van der Waals surface area contributed by atoms with E-state index >= 15 is 0 Å². The molecule has 3 aromatic carbocycles. The van der Waals surface area contributed by atoms with Gasteiger partial charge in [-0.2, -0.15) is 0 Å². The standard InChI is InChI=1S/C19H16O/c1-15-6-5-9-19(14-15)20-18-12-10-17(11-13-18)16-7-3-2-4-8-16/h2-14H,1H3/i9D. The summed E-state index contributed by atoms with van der Waals surface area (Å²) < 4.78 is 13.7. The summed E-state index contributed by atoms with van der Waals surface area (Å²) >= 11 is 0. The van der Waals surface area contributed by atoms with Gasteiger partial charge < -0.3 is 4.74 Å². The van der Waals surface area contributed by atoms with Crippen molar-refractivity contribution in [3.63, 3.8) is 0 Å². The summed E-state index contributed by atoms with van der Waals surface area (Å²) in [7, 11) is 0. The molecule has 1 heteroatoms. The van der Waals surface area contributed by atoms with E-state index in [0.29, 0.717) is 11.8 Å². The van der Waals surface area contributed by atoms with Gasteiger partial charge in [0.2, 0.25) is 0 Å². The Morgan fingerprint density at radius 3 is 2.20 bits per heavy atom. The van der Waals surface area contributed by atoms with E-state index in [2.05, 4.69) is 12.1 Å². The maximum atomic E-state index is 7.87. The van der Waals surface area contributed by atoms with Crippen molar-refractivity contribution in [3.05, 3.63) is 84.4 Å². The highest BCUT2D eigenvalue weighted by Crippen LogP contribution is 2.26. The second-order valence-corrected chi connectivity index (χ2v) is 4.72. The molecule has 0 aliphatic carbocycles. The summed E-state index contributed by atoms with van der Waals surface area (Å²) in [6.45, 7) is 1.99. The van der Waals surface area contributed by atoms with Crippen molar-refractivity contribution in [1.29, 1.82) is 0 Å². The van der Waals surface area contributed by atoms with Crippen LogP contribution in [0.4, 0.5) is 0 Å². The third-order valence-electron chi connectivity index (χ3n) is 3.12. The van der Waals surface area contributed by atoms with Crippen LogP contribution in [-0.2, 0) is 0 Å². The first-order chi connectivity index (χ1) is 10.2. The SMILES string of the molecule is [2H]c1ccc(C)cc1Oc1ccc(-c2ccccc2)cc1. The lowest BCUT2D eigenvalue weighted by Crippen LogP contribution is -1.85. The Morgan fingerprint density at radius 1 is 0.750 bits per heavy atom. The van der Waals surface area contributed by atoms with Crippen LogP contribution in [0.2, 0.25) is 0 Å². The molecule has 0 heterocycles. The van der Waals surface area contributed by atoms with Crippen LogP contribution in [0.15, 0.2) is 78.8 Å². The van der Waals surface area contributed by atoms with Gasteiger partial charge in [0.05, 0.1) is 1.37 Å². The quantitative estimate of drug-likeness (QED) is 0.608. The van der Waals surface area contributed by atoms with Gasteiger partial charge >= 0.3 is 0 Å². The molecule has 0 bridgehead atoms. The first-order valence-electron chi connectivity index (χ1n) is 7.13. The van der Waals surface area contributed by atoms with E-state index in [1.54, 1.807) is 6.07 Å². The van der Waals surface area contributed by atoms with Crippen LogP contribution in [0.1, 0.15) is 6.93 Å². The van der Waals surface area contributed by atoms with E-state index in [9.17, 15) is 0 Å². The lowest BCUT2D eigenvalue weighted by molar-refractivity contribution is 0.482. The highest BCUT2D eigenvalue weighted by molar-refractivity contribution is 5.64. The van der Waals surface area contributed by atoms with Crippen molar-refractivity contribution in [2.75, 3.05) is 0 Å². The van der Waals surface area contributed by atoms with Gasteiger partial charge in [0.15, 0.2) is 0 Å². The molecule has 0 amide bonds. The Labute approximate surface area is 120 Å². The Hall–Kier alpha value is -2.54. The first kappa shape index (κ1) is 11.3. The minimum absolute atomic E-state index is 0.396. The maximum absolute atomic E-state index is 7.87. The zero-order chi connectivity index (χ0) is 14.7. The summed E-state index contributed by atoms with van der Waals surface area (Å²) in [5.41, 5.74) is 3.42. The summed E-state index contributed by atoms with van der Waals surface area (Å²) in [6.07, 6.45) is 0. The Kier molecular flexibility index (Phi) is 3.17. The van der Waals surface area contributed by atoms with Gasteiger partial charge in [0.25, 0.3) is 0 Å². The van der Waals surface area contributed by atoms with E-state index in [1.165, 1.54) is 5.56 Å². The topological polar surface area (TPSA) is 9.23 Å². The summed E-state index contributed by atoms with van der Waals surface area (Å²) in [6, 6.07) is 24.1. The molecule has 0 unspecified atom stereocenters. The molecule has 98 valence electrons. The van der Waals surface area contributed by atoms with E-state index in [0.717, 1.165) is 16.9 Å². The molecule has 0 aromatic heterocycles. The second kappa shape index (κ2) is 5.62. The molecule has 1 nitrogen and oxygen atoms in total. The van der Waals surface area contributed by atoms with Crippen LogP contribution < -0.4 is 4.74 Å². The lowest BCUT2D eigenvalue weighted by Gasteiger charge is -2.07. The molecule has 0 atom stereocenters. The molecular formula is C19H16O. The normalized spacial score (nSPS) is 10.9. The second-order valence-electron chi connectivity index (χ2n) is 4.72. The molecule has 3 aromatic rings. The van der Waals surface area contributed by atoms with Gasteiger partial charge in [-0.15, -0.1) is 0 Å². The number of aryl methyl sites for hydroxylation is 1. The third kappa shape index (κ3) is 2.89. The van der Waals surface area contributed by atoms with E-state index in [1.807, 2.05) is 61.5 Å². The molecule has 0 aliphatic heterocycles. The van der Waals surface area contributed by atoms with Crippen molar-refractivity contribution >= 4 is 0 Å². The van der Waals surface area contributed by atoms with Gasteiger partial charge in [-0.1, -0.05) is 54.6 Å². The molecule has 0 fully saturated rings. The minimum atomic E-state index is 0.396. The molecule has 3 rings (SSSR count). The lowest BCUT2D eigenvalue weighted by atomic mass is 10.1. The number of benzene rings is 3. The summed E-state index contributed by atoms with van der Waals surface area (Å²) in [5, 5.41) is 0.